The minimum atomic E-state index is 0.850. The molecule has 2 nitrogen and oxygen atoms in total. The van der Waals surface area contributed by atoms with Crippen molar-refractivity contribution in [1.29, 1.82) is 0 Å². The van der Waals surface area contributed by atoms with Gasteiger partial charge in [-0.05, 0) is 6.08 Å². The predicted octanol–water partition coefficient (Wildman–Crippen LogP) is 1.49. The van der Waals surface area contributed by atoms with Gasteiger partial charge < -0.3 is 9.64 Å². The van der Waals surface area contributed by atoms with Crippen molar-refractivity contribution in [3.8, 4) is 0 Å². The van der Waals surface area contributed by atoms with Crippen molar-refractivity contribution in [3.05, 3.63) is 36.4 Å². The normalized spacial score (nSPS) is 17.2. The quantitative estimate of drug-likeness (QED) is 0.543. The predicted molar refractivity (Wildman–Crippen MR) is 41.1 cm³/mol. The van der Waals surface area contributed by atoms with Crippen LogP contribution in [0.5, 0.6) is 0 Å². The van der Waals surface area contributed by atoms with E-state index in [2.05, 4.69) is 6.58 Å². The Morgan fingerprint density at radius 2 is 2.30 bits per heavy atom. The maximum absolute atomic E-state index is 5.00. The molecule has 54 valence electrons. The van der Waals surface area contributed by atoms with Crippen LogP contribution in [-0.2, 0) is 4.74 Å². The van der Waals surface area contributed by atoms with Crippen LogP contribution in [0.25, 0.3) is 0 Å². The SMILES string of the molecule is C=C1C=C(OC)C=CN1C. The van der Waals surface area contributed by atoms with Crippen molar-refractivity contribution in [2.45, 2.75) is 0 Å². The molecule has 0 unspecified atom stereocenters. The molecule has 0 aromatic carbocycles. The van der Waals surface area contributed by atoms with Crippen LogP contribution in [0.15, 0.2) is 36.4 Å². The van der Waals surface area contributed by atoms with Gasteiger partial charge in [-0.2, -0.15) is 0 Å². The molecule has 0 spiro atoms. The van der Waals surface area contributed by atoms with E-state index in [9.17, 15) is 0 Å². The fourth-order valence-corrected chi connectivity index (χ4v) is 0.722. The Balaban J connectivity index is 2.76. The monoisotopic (exact) mass is 137 g/mol. The van der Waals surface area contributed by atoms with Crippen molar-refractivity contribution < 1.29 is 4.74 Å². The van der Waals surface area contributed by atoms with Crippen molar-refractivity contribution >= 4 is 0 Å². The number of hydrogen-bond acceptors (Lipinski definition) is 2. The highest BCUT2D eigenvalue weighted by atomic mass is 16.5. The van der Waals surface area contributed by atoms with Gasteiger partial charge in [0.25, 0.3) is 0 Å². The summed E-state index contributed by atoms with van der Waals surface area (Å²) in [6.07, 6.45) is 5.70. The van der Waals surface area contributed by atoms with Crippen LogP contribution in [0.1, 0.15) is 0 Å². The van der Waals surface area contributed by atoms with Gasteiger partial charge in [0.1, 0.15) is 5.76 Å². The van der Waals surface area contributed by atoms with Crippen LogP contribution < -0.4 is 0 Å². The molecule has 0 aliphatic carbocycles. The summed E-state index contributed by atoms with van der Waals surface area (Å²) < 4.78 is 5.00. The number of rotatable bonds is 1. The zero-order valence-electron chi connectivity index (χ0n) is 6.29. The fraction of sp³-hybridized carbons (Fsp3) is 0.250. The Kier molecular flexibility index (Phi) is 1.81. The van der Waals surface area contributed by atoms with Gasteiger partial charge in [0, 0.05) is 25.0 Å². The fourth-order valence-electron chi connectivity index (χ4n) is 0.722. The highest BCUT2D eigenvalue weighted by molar-refractivity contribution is 5.29. The van der Waals surface area contributed by atoms with Crippen LogP contribution in [0, 0.1) is 0 Å². The number of methoxy groups -OCH3 is 1. The van der Waals surface area contributed by atoms with E-state index in [4.69, 9.17) is 4.74 Å². The molecule has 0 aromatic rings. The van der Waals surface area contributed by atoms with Crippen molar-refractivity contribution in [2.24, 2.45) is 0 Å². The second-order valence-electron chi connectivity index (χ2n) is 2.17. The molecule has 2 heteroatoms. The van der Waals surface area contributed by atoms with Gasteiger partial charge in [0.15, 0.2) is 0 Å². The highest BCUT2D eigenvalue weighted by Crippen LogP contribution is 2.12. The second-order valence-corrected chi connectivity index (χ2v) is 2.17. The lowest BCUT2D eigenvalue weighted by atomic mass is 10.3. The average Bonchev–Trinajstić information content (AvgIpc) is 1.95. The molecule has 1 aliphatic heterocycles. The molecule has 1 aliphatic rings. The van der Waals surface area contributed by atoms with E-state index in [1.165, 1.54) is 0 Å². The lowest BCUT2D eigenvalue weighted by Gasteiger charge is -2.18. The third-order valence-corrected chi connectivity index (χ3v) is 1.46. The molecule has 0 saturated heterocycles. The first-order chi connectivity index (χ1) is 4.74. The standard InChI is InChI=1S/C8H11NO/c1-7-6-8(10-3)4-5-9(7)2/h4-6H,1H2,2-3H3. The highest BCUT2D eigenvalue weighted by Gasteiger charge is 2.02. The minimum absolute atomic E-state index is 0.850. The second kappa shape index (κ2) is 2.60. The molecule has 0 bridgehead atoms. The summed E-state index contributed by atoms with van der Waals surface area (Å²) in [6.45, 7) is 3.81. The Morgan fingerprint density at radius 1 is 1.60 bits per heavy atom. The number of hydrogen-bond donors (Lipinski definition) is 0. The van der Waals surface area contributed by atoms with Gasteiger partial charge >= 0.3 is 0 Å². The van der Waals surface area contributed by atoms with E-state index in [0.29, 0.717) is 0 Å². The number of likely N-dealkylation sites (N-methyl/N-ethyl adjacent to an activating group) is 1. The summed E-state index contributed by atoms with van der Waals surface area (Å²) >= 11 is 0. The van der Waals surface area contributed by atoms with E-state index >= 15 is 0 Å². The van der Waals surface area contributed by atoms with Gasteiger partial charge in [-0.3, -0.25) is 0 Å². The van der Waals surface area contributed by atoms with Crippen LogP contribution in [0.2, 0.25) is 0 Å². The van der Waals surface area contributed by atoms with Crippen LogP contribution in [0.3, 0.4) is 0 Å². The Labute approximate surface area is 61.1 Å². The molecular formula is C8H11NO. The number of allylic oxidation sites excluding steroid dienone is 2. The maximum atomic E-state index is 5.00. The Hall–Kier alpha value is -1.18. The van der Waals surface area contributed by atoms with Crippen molar-refractivity contribution in [1.82, 2.24) is 4.90 Å². The largest absolute Gasteiger partial charge is 0.497 e. The van der Waals surface area contributed by atoms with Crippen LogP contribution in [-0.4, -0.2) is 19.1 Å². The molecule has 1 heterocycles. The molecule has 1 rings (SSSR count). The molecule has 0 N–H and O–H groups in total. The summed E-state index contributed by atoms with van der Waals surface area (Å²) in [7, 11) is 3.59. The topological polar surface area (TPSA) is 12.5 Å². The van der Waals surface area contributed by atoms with Gasteiger partial charge in [-0.25, -0.2) is 0 Å². The lowest BCUT2D eigenvalue weighted by molar-refractivity contribution is 0.301. The molecule has 0 amide bonds. The third kappa shape index (κ3) is 1.21. The Bertz CT molecular complexity index is 203. The first-order valence-electron chi connectivity index (χ1n) is 3.09. The van der Waals surface area contributed by atoms with E-state index in [1.54, 1.807) is 7.11 Å². The van der Waals surface area contributed by atoms with Gasteiger partial charge in [-0.15, -0.1) is 0 Å². The summed E-state index contributed by atoms with van der Waals surface area (Å²) in [4.78, 5) is 1.93. The molecule has 0 aromatic heterocycles. The van der Waals surface area contributed by atoms with Crippen molar-refractivity contribution in [2.75, 3.05) is 14.2 Å². The van der Waals surface area contributed by atoms with E-state index in [1.807, 2.05) is 30.3 Å². The number of nitrogens with zero attached hydrogens (tertiary/aromatic N) is 1. The third-order valence-electron chi connectivity index (χ3n) is 1.46. The first-order valence-corrected chi connectivity index (χ1v) is 3.09. The van der Waals surface area contributed by atoms with Gasteiger partial charge in [0.05, 0.1) is 7.11 Å². The van der Waals surface area contributed by atoms with Crippen LogP contribution in [0.4, 0.5) is 0 Å². The summed E-state index contributed by atoms with van der Waals surface area (Å²) in [5.41, 5.74) is 0.944. The van der Waals surface area contributed by atoms with Crippen LogP contribution >= 0.6 is 0 Å². The average molecular weight is 137 g/mol. The van der Waals surface area contributed by atoms with E-state index in [-0.39, 0.29) is 0 Å². The first kappa shape index (κ1) is 6.93. The summed E-state index contributed by atoms with van der Waals surface area (Å²) in [5, 5.41) is 0. The maximum Gasteiger partial charge on any atom is 0.122 e. The molecule has 10 heavy (non-hydrogen) atoms. The van der Waals surface area contributed by atoms with Gasteiger partial charge in [-0.1, -0.05) is 6.58 Å². The Morgan fingerprint density at radius 3 is 2.80 bits per heavy atom. The number of ether oxygens (including phenoxy) is 1. The van der Waals surface area contributed by atoms with Crippen molar-refractivity contribution in [3.63, 3.8) is 0 Å². The molecule has 0 fully saturated rings. The summed E-state index contributed by atoms with van der Waals surface area (Å²) in [5.74, 6) is 0.850. The van der Waals surface area contributed by atoms with Gasteiger partial charge in [0.2, 0.25) is 0 Å². The minimum Gasteiger partial charge on any atom is -0.497 e. The molecule has 0 atom stereocenters. The zero-order valence-corrected chi connectivity index (χ0v) is 6.29. The summed E-state index contributed by atoms with van der Waals surface area (Å²) in [6, 6.07) is 0. The molecule has 0 saturated carbocycles. The zero-order chi connectivity index (χ0) is 7.56. The molecular weight excluding hydrogens is 126 g/mol. The van der Waals surface area contributed by atoms with E-state index < -0.39 is 0 Å². The molecule has 0 radical (unpaired) electrons. The van der Waals surface area contributed by atoms with E-state index in [0.717, 1.165) is 11.5 Å². The smallest absolute Gasteiger partial charge is 0.122 e. The lowest BCUT2D eigenvalue weighted by Crippen LogP contribution is -2.11.